The van der Waals surface area contributed by atoms with Crippen LogP contribution in [0.25, 0.3) is 5.69 Å². The highest BCUT2D eigenvalue weighted by molar-refractivity contribution is 5.35. The van der Waals surface area contributed by atoms with Crippen molar-refractivity contribution in [2.75, 3.05) is 26.2 Å². The van der Waals surface area contributed by atoms with E-state index in [1.165, 1.54) is 37.7 Å². The largest absolute Gasteiger partial charge is 0.396 e. The van der Waals surface area contributed by atoms with Crippen LogP contribution < -0.4 is 0 Å². The minimum atomic E-state index is 0.288. The van der Waals surface area contributed by atoms with E-state index >= 15 is 0 Å². The molecule has 1 aromatic heterocycles. The van der Waals surface area contributed by atoms with Crippen molar-refractivity contribution >= 4 is 0 Å². The summed E-state index contributed by atoms with van der Waals surface area (Å²) in [4.78, 5) is 5.27. The van der Waals surface area contributed by atoms with Crippen molar-refractivity contribution in [3.8, 4) is 5.69 Å². The quantitative estimate of drug-likeness (QED) is 0.851. The van der Waals surface area contributed by atoms with Crippen LogP contribution in [0.5, 0.6) is 0 Å². The number of piperazine rings is 1. The molecule has 2 fully saturated rings. The standard InChI is InChI=1S/C22H32N4O/c27-15-10-22-18-24(13-14-25(22)20-7-2-1-3-8-20)17-19-6-4-9-21(16-19)26-12-5-11-23-26/h4-6,9,11-12,16,20,22,27H,1-3,7-8,10,13-15,17-18H2. The first kappa shape index (κ1) is 18.7. The number of aromatic nitrogens is 2. The summed E-state index contributed by atoms with van der Waals surface area (Å²) < 4.78 is 1.92. The third-order valence-corrected chi connectivity index (χ3v) is 6.20. The van der Waals surface area contributed by atoms with Gasteiger partial charge < -0.3 is 5.11 Å². The van der Waals surface area contributed by atoms with Gasteiger partial charge >= 0.3 is 0 Å². The minimum absolute atomic E-state index is 0.288. The van der Waals surface area contributed by atoms with Gasteiger partial charge in [0.15, 0.2) is 0 Å². The summed E-state index contributed by atoms with van der Waals surface area (Å²) in [6.45, 7) is 4.56. The predicted octanol–water partition coefficient (Wildman–Crippen LogP) is 3.07. The Morgan fingerprint density at radius 2 is 1.96 bits per heavy atom. The highest BCUT2D eigenvalue weighted by atomic mass is 16.3. The first-order valence-electron chi connectivity index (χ1n) is 10.5. The molecule has 1 aromatic carbocycles. The molecule has 27 heavy (non-hydrogen) atoms. The van der Waals surface area contributed by atoms with Crippen molar-refractivity contribution in [3.63, 3.8) is 0 Å². The van der Waals surface area contributed by atoms with Crippen LogP contribution in [-0.2, 0) is 6.54 Å². The van der Waals surface area contributed by atoms with Crippen LogP contribution in [0.15, 0.2) is 42.7 Å². The molecule has 0 bridgehead atoms. The maximum atomic E-state index is 9.60. The van der Waals surface area contributed by atoms with E-state index in [1.807, 2.05) is 23.1 Å². The number of hydrogen-bond acceptors (Lipinski definition) is 4. The van der Waals surface area contributed by atoms with Gasteiger partial charge in [-0.3, -0.25) is 9.80 Å². The molecule has 5 nitrogen and oxygen atoms in total. The minimum Gasteiger partial charge on any atom is -0.396 e. The van der Waals surface area contributed by atoms with Gasteiger partial charge in [-0.25, -0.2) is 4.68 Å². The van der Waals surface area contributed by atoms with E-state index in [0.29, 0.717) is 6.04 Å². The van der Waals surface area contributed by atoms with E-state index in [9.17, 15) is 5.11 Å². The van der Waals surface area contributed by atoms with Crippen LogP contribution in [0, 0.1) is 0 Å². The van der Waals surface area contributed by atoms with Gasteiger partial charge in [0, 0.05) is 57.3 Å². The van der Waals surface area contributed by atoms with Gasteiger partial charge in [-0.2, -0.15) is 5.10 Å². The second-order valence-corrected chi connectivity index (χ2v) is 8.05. The first-order chi connectivity index (χ1) is 13.3. The van der Waals surface area contributed by atoms with Gasteiger partial charge in [0.1, 0.15) is 0 Å². The zero-order valence-corrected chi connectivity index (χ0v) is 16.2. The van der Waals surface area contributed by atoms with Crippen LogP contribution in [-0.4, -0.2) is 63.0 Å². The maximum Gasteiger partial charge on any atom is 0.0648 e. The Labute approximate surface area is 162 Å². The molecule has 0 radical (unpaired) electrons. The molecule has 2 heterocycles. The molecular weight excluding hydrogens is 336 g/mol. The van der Waals surface area contributed by atoms with Crippen molar-refractivity contribution < 1.29 is 5.11 Å². The molecule has 4 rings (SSSR count). The summed E-state index contributed by atoms with van der Waals surface area (Å²) >= 11 is 0. The summed E-state index contributed by atoms with van der Waals surface area (Å²) in [5, 5.41) is 13.9. The van der Waals surface area contributed by atoms with Gasteiger partial charge in [-0.1, -0.05) is 31.4 Å². The summed E-state index contributed by atoms with van der Waals surface area (Å²) in [7, 11) is 0. The summed E-state index contributed by atoms with van der Waals surface area (Å²) in [6, 6.07) is 11.9. The predicted molar refractivity (Wildman–Crippen MR) is 108 cm³/mol. The lowest BCUT2D eigenvalue weighted by Crippen LogP contribution is -2.56. The van der Waals surface area contributed by atoms with Crippen LogP contribution >= 0.6 is 0 Å². The van der Waals surface area contributed by atoms with Crippen molar-refractivity contribution in [1.82, 2.24) is 19.6 Å². The number of aliphatic hydroxyl groups excluding tert-OH is 1. The fourth-order valence-electron chi connectivity index (χ4n) is 4.85. The average molecular weight is 369 g/mol. The molecule has 1 saturated carbocycles. The van der Waals surface area contributed by atoms with E-state index in [4.69, 9.17) is 0 Å². The van der Waals surface area contributed by atoms with Gasteiger partial charge in [0.25, 0.3) is 0 Å². The Morgan fingerprint density at radius 1 is 1.07 bits per heavy atom. The number of aliphatic hydroxyl groups is 1. The molecule has 146 valence electrons. The van der Waals surface area contributed by atoms with Crippen molar-refractivity contribution in [2.24, 2.45) is 0 Å². The van der Waals surface area contributed by atoms with Crippen LogP contribution in [0.4, 0.5) is 0 Å². The van der Waals surface area contributed by atoms with Crippen LogP contribution in [0.3, 0.4) is 0 Å². The zero-order chi connectivity index (χ0) is 18.5. The number of hydrogen-bond donors (Lipinski definition) is 1. The van der Waals surface area contributed by atoms with E-state index in [0.717, 1.165) is 44.3 Å². The average Bonchev–Trinajstić information content (AvgIpc) is 3.24. The third-order valence-electron chi connectivity index (χ3n) is 6.20. The molecule has 2 aliphatic rings. The molecule has 1 aliphatic carbocycles. The molecule has 5 heteroatoms. The highest BCUT2D eigenvalue weighted by Crippen LogP contribution is 2.27. The normalized spacial score (nSPS) is 22.9. The van der Waals surface area contributed by atoms with Gasteiger partial charge in [-0.15, -0.1) is 0 Å². The summed E-state index contributed by atoms with van der Waals surface area (Å²) in [6.07, 6.45) is 11.5. The Hall–Kier alpha value is -1.69. The fraction of sp³-hybridized carbons (Fsp3) is 0.591. The fourth-order valence-corrected chi connectivity index (χ4v) is 4.85. The Balaban J connectivity index is 1.41. The molecule has 1 aliphatic heterocycles. The third kappa shape index (κ3) is 4.60. The summed E-state index contributed by atoms with van der Waals surface area (Å²) in [5.74, 6) is 0. The molecule has 2 aromatic rings. The Kier molecular flexibility index (Phi) is 6.22. The topological polar surface area (TPSA) is 44.5 Å². The van der Waals surface area contributed by atoms with Gasteiger partial charge in [-0.05, 0) is 43.0 Å². The lowest BCUT2D eigenvalue weighted by molar-refractivity contribution is 0.0137. The number of rotatable bonds is 6. The van der Waals surface area contributed by atoms with E-state index < -0.39 is 0 Å². The van der Waals surface area contributed by atoms with E-state index in [2.05, 4.69) is 39.2 Å². The highest BCUT2D eigenvalue weighted by Gasteiger charge is 2.32. The molecule has 1 atom stereocenters. The lowest BCUT2D eigenvalue weighted by atomic mass is 9.91. The number of nitrogens with zero attached hydrogens (tertiary/aromatic N) is 4. The molecule has 1 N–H and O–H groups in total. The second-order valence-electron chi connectivity index (χ2n) is 8.05. The van der Waals surface area contributed by atoms with Crippen molar-refractivity contribution in [1.29, 1.82) is 0 Å². The van der Waals surface area contributed by atoms with Crippen LogP contribution in [0.2, 0.25) is 0 Å². The lowest BCUT2D eigenvalue weighted by Gasteiger charge is -2.46. The monoisotopic (exact) mass is 368 g/mol. The molecule has 0 amide bonds. The Morgan fingerprint density at radius 3 is 2.74 bits per heavy atom. The number of benzene rings is 1. The van der Waals surface area contributed by atoms with E-state index in [-0.39, 0.29) is 6.61 Å². The molecular formula is C22H32N4O. The van der Waals surface area contributed by atoms with Crippen LogP contribution in [0.1, 0.15) is 44.1 Å². The second kappa shape index (κ2) is 9.00. The zero-order valence-electron chi connectivity index (χ0n) is 16.2. The smallest absolute Gasteiger partial charge is 0.0648 e. The molecule has 1 unspecified atom stereocenters. The van der Waals surface area contributed by atoms with Gasteiger partial charge in [0.2, 0.25) is 0 Å². The maximum absolute atomic E-state index is 9.60. The Bertz CT molecular complexity index is 696. The first-order valence-corrected chi connectivity index (χ1v) is 10.5. The van der Waals surface area contributed by atoms with Crippen molar-refractivity contribution in [3.05, 3.63) is 48.3 Å². The SMILES string of the molecule is OCCC1CN(Cc2cccc(-n3cccn3)c2)CCN1C1CCCCC1. The summed E-state index contributed by atoms with van der Waals surface area (Å²) in [5.41, 5.74) is 2.45. The molecule has 0 spiro atoms. The molecule has 1 saturated heterocycles. The van der Waals surface area contributed by atoms with E-state index in [1.54, 1.807) is 0 Å². The van der Waals surface area contributed by atoms with Crippen molar-refractivity contribution in [2.45, 2.75) is 57.2 Å². The van der Waals surface area contributed by atoms with Gasteiger partial charge in [0.05, 0.1) is 5.69 Å².